The van der Waals surface area contributed by atoms with Crippen LogP contribution < -0.4 is 5.32 Å². The minimum absolute atomic E-state index is 0.216. The van der Waals surface area contributed by atoms with Gasteiger partial charge in [-0.3, -0.25) is 4.79 Å². The number of carbonyl (C=O) groups is 1. The Labute approximate surface area is 127 Å². The van der Waals surface area contributed by atoms with Crippen LogP contribution in [0.15, 0.2) is 46.6 Å². The second kappa shape index (κ2) is 5.87. The predicted octanol–water partition coefficient (Wildman–Crippen LogP) is 2.77. The van der Waals surface area contributed by atoms with Crippen molar-refractivity contribution in [1.29, 1.82) is 0 Å². The van der Waals surface area contributed by atoms with Crippen molar-refractivity contribution in [1.82, 2.24) is 5.32 Å². The Bertz CT molecular complexity index is 614. The maximum Gasteiger partial charge on any atom is 0.244 e. The van der Waals surface area contributed by atoms with E-state index in [-0.39, 0.29) is 18.4 Å². The molecule has 0 spiro atoms. The van der Waals surface area contributed by atoms with Crippen LogP contribution >= 0.6 is 11.3 Å². The van der Waals surface area contributed by atoms with Crippen LogP contribution in [0.25, 0.3) is 6.08 Å². The van der Waals surface area contributed by atoms with Crippen LogP contribution in [0.5, 0.6) is 0 Å². The van der Waals surface area contributed by atoms with Crippen molar-refractivity contribution in [2.75, 3.05) is 6.54 Å². The van der Waals surface area contributed by atoms with E-state index in [0.29, 0.717) is 0 Å². The molecule has 5 heteroatoms. The van der Waals surface area contributed by atoms with Gasteiger partial charge in [-0.15, -0.1) is 11.3 Å². The summed E-state index contributed by atoms with van der Waals surface area (Å²) in [5.41, 5.74) is -0.103. The van der Waals surface area contributed by atoms with Crippen LogP contribution in [0.4, 0.5) is 0 Å². The zero-order chi connectivity index (χ0) is 14.7. The molecule has 1 aliphatic carbocycles. The van der Waals surface area contributed by atoms with Gasteiger partial charge in [0.25, 0.3) is 0 Å². The van der Waals surface area contributed by atoms with Gasteiger partial charge >= 0.3 is 0 Å². The van der Waals surface area contributed by atoms with Crippen molar-refractivity contribution in [3.63, 3.8) is 0 Å². The first-order valence-corrected chi connectivity index (χ1v) is 7.81. The molecule has 110 valence electrons. The van der Waals surface area contributed by atoms with E-state index in [1.54, 1.807) is 24.7 Å². The summed E-state index contributed by atoms with van der Waals surface area (Å²) in [7, 11) is 0. The molecule has 1 aliphatic rings. The first-order valence-electron chi connectivity index (χ1n) is 6.93. The van der Waals surface area contributed by atoms with Crippen LogP contribution in [-0.4, -0.2) is 17.6 Å². The van der Waals surface area contributed by atoms with Crippen LogP contribution in [0.3, 0.4) is 0 Å². The predicted molar refractivity (Wildman–Crippen MR) is 81.7 cm³/mol. The van der Waals surface area contributed by atoms with Gasteiger partial charge in [-0.2, -0.15) is 0 Å². The fourth-order valence-electron chi connectivity index (χ4n) is 2.34. The van der Waals surface area contributed by atoms with E-state index >= 15 is 0 Å². The summed E-state index contributed by atoms with van der Waals surface area (Å²) in [5.74, 6) is 0.0288. The summed E-state index contributed by atoms with van der Waals surface area (Å²) in [6.45, 7) is 0.243. The largest absolute Gasteiger partial charge is 0.472 e. The molecule has 0 aromatic carbocycles. The van der Waals surface area contributed by atoms with Crippen molar-refractivity contribution < 1.29 is 14.3 Å². The molecule has 4 nitrogen and oxygen atoms in total. The molecular formula is C16H17NO3S. The Balaban J connectivity index is 1.61. The number of amides is 1. The van der Waals surface area contributed by atoms with Gasteiger partial charge in [0.2, 0.25) is 5.91 Å². The SMILES string of the molecule is O=C(/C=C/c1ccoc1)NCC(O)(c1cccs1)C1CC1. The van der Waals surface area contributed by atoms with E-state index in [1.165, 1.54) is 17.4 Å². The number of carbonyl (C=O) groups excluding carboxylic acids is 1. The molecule has 1 fully saturated rings. The number of aliphatic hydroxyl groups is 1. The lowest BCUT2D eigenvalue weighted by Crippen LogP contribution is -2.41. The molecule has 0 radical (unpaired) electrons. The molecule has 2 N–H and O–H groups in total. The van der Waals surface area contributed by atoms with E-state index in [1.807, 2.05) is 17.5 Å². The highest BCUT2D eigenvalue weighted by atomic mass is 32.1. The Morgan fingerprint density at radius 2 is 2.38 bits per heavy atom. The molecule has 0 aliphatic heterocycles. The highest BCUT2D eigenvalue weighted by molar-refractivity contribution is 7.10. The van der Waals surface area contributed by atoms with Crippen LogP contribution in [-0.2, 0) is 10.4 Å². The number of furan rings is 1. The molecule has 0 bridgehead atoms. The second-order valence-corrected chi connectivity index (χ2v) is 6.23. The molecule has 1 atom stereocenters. The molecule has 1 amide bonds. The first kappa shape index (κ1) is 14.1. The number of hydrogen-bond donors (Lipinski definition) is 2. The third-order valence-electron chi connectivity index (χ3n) is 3.70. The highest BCUT2D eigenvalue weighted by Gasteiger charge is 2.45. The topological polar surface area (TPSA) is 62.5 Å². The summed E-state index contributed by atoms with van der Waals surface area (Å²) < 4.78 is 4.93. The quantitative estimate of drug-likeness (QED) is 0.807. The van der Waals surface area contributed by atoms with E-state index < -0.39 is 5.60 Å². The normalized spacial score (nSPS) is 17.8. The van der Waals surface area contributed by atoms with Crippen molar-refractivity contribution in [3.8, 4) is 0 Å². The summed E-state index contributed by atoms with van der Waals surface area (Å²) in [6, 6.07) is 5.63. The highest BCUT2D eigenvalue weighted by Crippen LogP contribution is 2.46. The van der Waals surface area contributed by atoms with Crippen LogP contribution in [0.2, 0.25) is 0 Å². The standard InChI is InChI=1S/C16H17NO3S/c18-15(6-3-12-7-8-20-10-12)17-11-16(19,13-4-5-13)14-2-1-9-21-14/h1-3,6-10,13,19H,4-5,11H2,(H,17,18)/b6-3+. The zero-order valence-electron chi connectivity index (χ0n) is 11.5. The number of thiophene rings is 1. The second-order valence-electron chi connectivity index (χ2n) is 5.28. The van der Waals surface area contributed by atoms with Crippen LogP contribution in [0, 0.1) is 5.92 Å². The first-order chi connectivity index (χ1) is 10.2. The van der Waals surface area contributed by atoms with Gasteiger partial charge in [-0.05, 0) is 42.3 Å². The van der Waals surface area contributed by atoms with Gasteiger partial charge < -0.3 is 14.8 Å². The minimum atomic E-state index is -0.937. The summed E-state index contributed by atoms with van der Waals surface area (Å²) in [5, 5.41) is 15.6. The fraction of sp³-hybridized carbons (Fsp3) is 0.312. The summed E-state index contributed by atoms with van der Waals surface area (Å²) in [4.78, 5) is 12.8. The third kappa shape index (κ3) is 3.25. The lowest BCUT2D eigenvalue weighted by atomic mass is 9.95. The lowest BCUT2D eigenvalue weighted by molar-refractivity contribution is -0.118. The van der Waals surface area contributed by atoms with E-state index in [0.717, 1.165) is 23.3 Å². The Morgan fingerprint density at radius 1 is 1.52 bits per heavy atom. The lowest BCUT2D eigenvalue weighted by Gasteiger charge is -2.27. The Kier molecular flexibility index (Phi) is 3.94. The fourth-order valence-corrected chi connectivity index (χ4v) is 3.24. The van der Waals surface area contributed by atoms with Gasteiger partial charge in [-0.25, -0.2) is 0 Å². The van der Waals surface area contributed by atoms with Crippen LogP contribution in [0.1, 0.15) is 23.3 Å². The number of hydrogen-bond acceptors (Lipinski definition) is 4. The Hall–Kier alpha value is -1.85. The number of rotatable bonds is 6. The van der Waals surface area contributed by atoms with Crippen molar-refractivity contribution in [2.24, 2.45) is 5.92 Å². The van der Waals surface area contributed by atoms with Gasteiger partial charge in [0.05, 0.1) is 19.1 Å². The average molecular weight is 303 g/mol. The molecule has 2 heterocycles. The van der Waals surface area contributed by atoms with Gasteiger partial charge in [0, 0.05) is 16.5 Å². The molecule has 3 rings (SSSR count). The van der Waals surface area contributed by atoms with Gasteiger partial charge in [0.1, 0.15) is 5.60 Å². The molecule has 0 saturated heterocycles. The van der Waals surface area contributed by atoms with Gasteiger partial charge in [0.15, 0.2) is 0 Å². The third-order valence-corrected chi connectivity index (χ3v) is 4.74. The van der Waals surface area contributed by atoms with Gasteiger partial charge in [-0.1, -0.05) is 6.07 Å². The van der Waals surface area contributed by atoms with Crippen molar-refractivity contribution in [3.05, 3.63) is 52.6 Å². The molecular weight excluding hydrogens is 286 g/mol. The zero-order valence-corrected chi connectivity index (χ0v) is 12.3. The maximum atomic E-state index is 11.9. The molecule has 1 saturated carbocycles. The average Bonchev–Trinajstić information content (AvgIpc) is 3.00. The molecule has 21 heavy (non-hydrogen) atoms. The maximum absolute atomic E-state index is 11.9. The van der Waals surface area contributed by atoms with E-state index in [2.05, 4.69) is 5.32 Å². The number of nitrogens with one attached hydrogen (secondary N) is 1. The minimum Gasteiger partial charge on any atom is -0.472 e. The summed E-state index contributed by atoms with van der Waals surface area (Å²) in [6.07, 6.45) is 8.27. The summed E-state index contributed by atoms with van der Waals surface area (Å²) >= 11 is 1.53. The molecule has 2 aromatic rings. The molecule has 2 aromatic heterocycles. The van der Waals surface area contributed by atoms with Crippen molar-refractivity contribution in [2.45, 2.75) is 18.4 Å². The van der Waals surface area contributed by atoms with E-state index in [9.17, 15) is 9.90 Å². The monoisotopic (exact) mass is 303 g/mol. The van der Waals surface area contributed by atoms with E-state index in [4.69, 9.17) is 4.42 Å². The van der Waals surface area contributed by atoms with Crippen molar-refractivity contribution >= 4 is 23.3 Å². The Morgan fingerprint density at radius 3 is 3.00 bits per heavy atom. The molecule has 1 unspecified atom stereocenters. The smallest absolute Gasteiger partial charge is 0.244 e.